The smallest absolute Gasteiger partial charge is 0.387 e. The van der Waals surface area contributed by atoms with Gasteiger partial charge in [-0.25, -0.2) is 17.8 Å². The fraction of sp³-hybridized carbons (Fsp3) is 0.346. The van der Waals surface area contributed by atoms with Gasteiger partial charge >= 0.3 is 6.61 Å². The third kappa shape index (κ3) is 5.47. The Morgan fingerprint density at radius 2 is 1.97 bits per heavy atom. The first kappa shape index (κ1) is 27.0. The largest absolute Gasteiger partial charge is 0.474 e. The Labute approximate surface area is 223 Å². The molecule has 39 heavy (non-hydrogen) atoms. The number of anilines is 2. The van der Waals surface area contributed by atoms with Gasteiger partial charge in [-0.05, 0) is 53.9 Å². The van der Waals surface area contributed by atoms with Gasteiger partial charge in [0.1, 0.15) is 23.1 Å². The van der Waals surface area contributed by atoms with Crippen molar-refractivity contribution in [2.75, 3.05) is 48.6 Å². The monoisotopic (exact) mass is 564 g/mol. The summed E-state index contributed by atoms with van der Waals surface area (Å²) in [4.78, 5) is 6.11. The van der Waals surface area contributed by atoms with Gasteiger partial charge in [0.2, 0.25) is 5.88 Å². The Bertz CT molecular complexity index is 1470. The third-order valence-electron chi connectivity index (χ3n) is 6.56. The summed E-state index contributed by atoms with van der Waals surface area (Å²) in [6.45, 7) is 0.157. The average molecular weight is 565 g/mol. The van der Waals surface area contributed by atoms with Gasteiger partial charge in [0.25, 0.3) is 10.0 Å². The molecular formula is C26H27F3N4O5S. The van der Waals surface area contributed by atoms with Gasteiger partial charge in [-0.2, -0.15) is 8.78 Å². The highest BCUT2D eigenvalue weighted by molar-refractivity contribution is 7.93. The number of fused-ring (bicyclic) bond motifs is 3. The molecule has 0 unspecified atom stereocenters. The van der Waals surface area contributed by atoms with Crippen molar-refractivity contribution in [3.8, 4) is 22.8 Å². The van der Waals surface area contributed by atoms with Crippen molar-refractivity contribution >= 4 is 21.4 Å². The first-order chi connectivity index (χ1) is 18.7. The summed E-state index contributed by atoms with van der Waals surface area (Å²) in [6, 6.07) is 9.65. The Hall–Kier alpha value is -3.55. The molecule has 0 radical (unpaired) electrons. The second-order valence-electron chi connectivity index (χ2n) is 9.23. The molecule has 2 N–H and O–H groups in total. The van der Waals surface area contributed by atoms with Crippen molar-refractivity contribution in [3.63, 3.8) is 0 Å². The molecule has 1 saturated heterocycles. The first-order valence-electron chi connectivity index (χ1n) is 12.3. The number of ether oxygens (including phenoxy) is 2. The van der Waals surface area contributed by atoms with Crippen LogP contribution >= 0.6 is 0 Å². The van der Waals surface area contributed by atoms with E-state index in [9.17, 15) is 26.7 Å². The SMILES string of the molecule is Cc1cnc(OCCO)c(S(=O)(=O)N2C[C@@H]3CNCCN3c3ccc(-c4cc(F)cc(OC(F)F)c4)cc32)c1. The van der Waals surface area contributed by atoms with Crippen molar-refractivity contribution in [1.82, 2.24) is 10.3 Å². The molecule has 1 aromatic heterocycles. The molecule has 3 heterocycles. The second-order valence-corrected chi connectivity index (χ2v) is 11.1. The van der Waals surface area contributed by atoms with Crippen LogP contribution in [0.2, 0.25) is 0 Å². The lowest BCUT2D eigenvalue weighted by atomic mass is 10.0. The number of hydrogen-bond donors (Lipinski definition) is 2. The number of nitrogens with one attached hydrogen (secondary N) is 1. The summed E-state index contributed by atoms with van der Waals surface area (Å²) >= 11 is 0. The Balaban J connectivity index is 1.64. The van der Waals surface area contributed by atoms with E-state index in [0.717, 1.165) is 6.07 Å². The molecule has 0 spiro atoms. The molecule has 2 aliphatic heterocycles. The van der Waals surface area contributed by atoms with Crippen LogP contribution < -0.4 is 24.0 Å². The normalized spacial score (nSPS) is 17.1. The Kier molecular flexibility index (Phi) is 7.56. The number of sulfonamides is 1. The molecule has 13 heteroatoms. The van der Waals surface area contributed by atoms with Crippen LogP contribution in [0.4, 0.5) is 24.5 Å². The number of pyridine rings is 1. The molecule has 9 nitrogen and oxygen atoms in total. The number of rotatable bonds is 8. The molecule has 0 saturated carbocycles. The number of halogens is 3. The number of aryl methyl sites for hydroxylation is 1. The summed E-state index contributed by atoms with van der Waals surface area (Å²) in [5.41, 5.74) is 2.28. The van der Waals surface area contributed by atoms with Crippen molar-refractivity contribution < 1.29 is 36.2 Å². The van der Waals surface area contributed by atoms with E-state index < -0.39 is 22.5 Å². The highest BCUT2D eigenvalue weighted by Crippen LogP contribution is 2.43. The topological polar surface area (TPSA) is 104 Å². The Morgan fingerprint density at radius 1 is 1.15 bits per heavy atom. The minimum Gasteiger partial charge on any atom is -0.474 e. The molecule has 0 bridgehead atoms. The minimum absolute atomic E-state index is 0.113. The van der Waals surface area contributed by atoms with Crippen molar-refractivity contribution in [2.24, 2.45) is 0 Å². The molecule has 3 aromatic rings. The lowest BCUT2D eigenvalue weighted by molar-refractivity contribution is -0.0499. The molecule has 2 aromatic carbocycles. The van der Waals surface area contributed by atoms with E-state index in [1.807, 2.05) is 0 Å². The average Bonchev–Trinajstić information content (AvgIpc) is 2.90. The number of piperazine rings is 1. The molecule has 1 atom stereocenters. The number of aliphatic hydroxyl groups is 1. The van der Waals surface area contributed by atoms with E-state index in [-0.39, 0.29) is 47.9 Å². The molecule has 208 valence electrons. The summed E-state index contributed by atoms with van der Waals surface area (Å²) in [6.07, 6.45) is 1.48. The zero-order chi connectivity index (χ0) is 27.7. The predicted octanol–water partition coefficient (Wildman–Crippen LogP) is 3.16. The van der Waals surface area contributed by atoms with E-state index in [4.69, 9.17) is 4.74 Å². The van der Waals surface area contributed by atoms with Crippen LogP contribution in [0.25, 0.3) is 11.1 Å². The third-order valence-corrected chi connectivity index (χ3v) is 8.34. The summed E-state index contributed by atoms with van der Waals surface area (Å²) in [7, 11) is -4.23. The highest BCUT2D eigenvalue weighted by Gasteiger charge is 2.40. The van der Waals surface area contributed by atoms with Crippen LogP contribution in [0.3, 0.4) is 0 Å². The summed E-state index contributed by atoms with van der Waals surface area (Å²) < 4.78 is 79.4. The van der Waals surface area contributed by atoms with Gasteiger partial charge in [0.05, 0.1) is 30.6 Å². The minimum atomic E-state index is -4.23. The van der Waals surface area contributed by atoms with Crippen LogP contribution in [-0.2, 0) is 10.0 Å². The van der Waals surface area contributed by atoms with E-state index >= 15 is 0 Å². The van der Waals surface area contributed by atoms with Crippen molar-refractivity contribution in [1.29, 1.82) is 0 Å². The van der Waals surface area contributed by atoms with Crippen LogP contribution in [0.5, 0.6) is 11.6 Å². The number of benzene rings is 2. The van der Waals surface area contributed by atoms with E-state index in [2.05, 4.69) is 19.9 Å². The standard InChI is InChI=1S/C26H27F3N4O5S/c1-16-8-24(25(31-13-16)37-7-6-34)39(35,36)33-15-20-14-30-4-5-32(20)22-3-2-17(11-23(22)33)18-9-19(27)12-21(10-18)38-26(28)29/h2-3,8-13,20,26,30,34H,4-7,14-15H2,1H3/t20-/m0/s1. The maximum absolute atomic E-state index is 14.3. The highest BCUT2D eigenvalue weighted by atomic mass is 32.2. The summed E-state index contributed by atoms with van der Waals surface area (Å²) in [5.74, 6) is -1.25. The second kappa shape index (κ2) is 10.9. The predicted molar refractivity (Wildman–Crippen MR) is 139 cm³/mol. The maximum atomic E-state index is 14.3. The van der Waals surface area contributed by atoms with Crippen molar-refractivity contribution in [3.05, 3.63) is 60.0 Å². The molecule has 0 aliphatic carbocycles. The number of aliphatic hydroxyl groups excluding tert-OH is 1. The van der Waals surface area contributed by atoms with Gasteiger partial charge in [-0.3, -0.25) is 4.31 Å². The number of aromatic nitrogens is 1. The lowest BCUT2D eigenvalue weighted by Crippen LogP contribution is -2.59. The molecule has 0 amide bonds. The summed E-state index contributed by atoms with van der Waals surface area (Å²) in [5, 5.41) is 12.5. The van der Waals surface area contributed by atoms with Gasteiger partial charge in [-0.1, -0.05) is 6.07 Å². The van der Waals surface area contributed by atoms with Crippen LogP contribution in [0.1, 0.15) is 5.56 Å². The molecule has 1 fully saturated rings. The maximum Gasteiger partial charge on any atom is 0.387 e. The van der Waals surface area contributed by atoms with Crippen LogP contribution in [-0.4, -0.2) is 70.6 Å². The fourth-order valence-electron chi connectivity index (χ4n) is 4.89. The quantitative estimate of drug-likeness (QED) is 0.430. The van der Waals surface area contributed by atoms with Crippen molar-refractivity contribution in [2.45, 2.75) is 24.5 Å². The lowest BCUT2D eigenvalue weighted by Gasteiger charge is -2.46. The van der Waals surface area contributed by atoms with Gasteiger partial charge in [-0.15, -0.1) is 0 Å². The van der Waals surface area contributed by atoms with Crippen LogP contribution in [0, 0.1) is 12.7 Å². The van der Waals surface area contributed by atoms with E-state index in [1.54, 1.807) is 25.1 Å². The zero-order valence-corrected chi connectivity index (χ0v) is 21.8. The van der Waals surface area contributed by atoms with Gasteiger partial charge in [0, 0.05) is 31.9 Å². The first-order valence-corrected chi connectivity index (χ1v) is 13.7. The zero-order valence-electron chi connectivity index (χ0n) is 21.0. The molecular weight excluding hydrogens is 537 g/mol. The van der Waals surface area contributed by atoms with Gasteiger partial charge < -0.3 is 24.8 Å². The van der Waals surface area contributed by atoms with Gasteiger partial charge in [0.15, 0.2) is 0 Å². The van der Waals surface area contributed by atoms with Crippen LogP contribution in [0.15, 0.2) is 53.6 Å². The number of alkyl halides is 2. The molecule has 5 rings (SSSR count). The molecule has 2 aliphatic rings. The Morgan fingerprint density at radius 3 is 2.74 bits per heavy atom. The van der Waals surface area contributed by atoms with E-state index in [1.165, 1.54) is 28.7 Å². The number of hydrogen-bond acceptors (Lipinski definition) is 8. The number of nitrogens with zero attached hydrogens (tertiary/aromatic N) is 3. The fourth-order valence-corrected chi connectivity index (χ4v) is 6.57. The van der Waals surface area contributed by atoms with E-state index in [0.29, 0.717) is 42.1 Å².